The van der Waals surface area contributed by atoms with Crippen LogP contribution in [0.15, 0.2) is 46.9 Å². The Hall–Kier alpha value is -3.68. The molecule has 0 aliphatic carbocycles. The fraction of sp³-hybridized carbons (Fsp3) is 0.304. The van der Waals surface area contributed by atoms with E-state index in [-0.39, 0.29) is 18.4 Å². The molecule has 0 radical (unpaired) electrons. The van der Waals surface area contributed by atoms with E-state index in [4.69, 9.17) is 9.15 Å². The van der Waals surface area contributed by atoms with Crippen LogP contribution in [0, 0.1) is 6.92 Å². The quantitative estimate of drug-likeness (QED) is 0.602. The van der Waals surface area contributed by atoms with Crippen LogP contribution < -0.4 is 0 Å². The smallest absolute Gasteiger partial charge is 0.339 e. The molecule has 0 bridgehead atoms. The van der Waals surface area contributed by atoms with Crippen molar-refractivity contribution in [3.8, 4) is 11.5 Å². The van der Waals surface area contributed by atoms with Crippen molar-refractivity contribution in [1.82, 2.24) is 14.8 Å². The van der Waals surface area contributed by atoms with Gasteiger partial charge in [-0.2, -0.15) is 0 Å². The zero-order chi connectivity index (χ0) is 22.0. The molecule has 1 fully saturated rings. The second-order valence-electron chi connectivity index (χ2n) is 7.45. The average Bonchev–Trinajstić information content (AvgIpc) is 3.22. The Morgan fingerprint density at radius 3 is 2.42 bits per heavy atom. The van der Waals surface area contributed by atoms with Crippen molar-refractivity contribution in [2.45, 2.75) is 13.8 Å². The highest BCUT2D eigenvalue weighted by atomic mass is 16.5. The fourth-order valence-electron chi connectivity index (χ4n) is 3.61. The zero-order valence-electron chi connectivity index (χ0n) is 17.5. The Labute approximate surface area is 179 Å². The van der Waals surface area contributed by atoms with Gasteiger partial charge in [-0.15, -0.1) is 0 Å². The van der Waals surface area contributed by atoms with Crippen LogP contribution in [0.1, 0.15) is 23.0 Å². The fourth-order valence-corrected chi connectivity index (χ4v) is 3.61. The van der Waals surface area contributed by atoms with Crippen LogP contribution in [0.2, 0.25) is 0 Å². The maximum atomic E-state index is 12.9. The van der Waals surface area contributed by atoms with Crippen molar-refractivity contribution in [3.63, 3.8) is 0 Å². The summed E-state index contributed by atoms with van der Waals surface area (Å²) in [6, 6.07) is 12.5. The van der Waals surface area contributed by atoms with Crippen LogP contribution in [0.25, 0.3) is 22.4 Å². The van der Waals surface area contributed by atoms with Gasteiger partial charge in [0.05, 0.1) is 11.1 Å². The number of esters is 1. The van der Waals surface area contributed by atoms with E-state index in [1.807, 2.05) is 31.2 Å². The van der Waals surface area contributed by atoms with Gasteiger partial charge in [-0.1, -0.05) is 18.2 Å². The van der Waals surface area contributed by atoms with Gasteiger partial charge in [0, 0.05) is 38.5 Å². The monoisotopic (exact) mass is 421 g/mol. The molecule has 0 spiro atoms. The van der Waals surface area contributed by atoms with E-state index < -0.39 is 5.97 Å². The first-order chi connectivity index (χ1) is 14.9. The average molecular weight is 421 g/mol. The molecule has 2 aromatic heterocycles. The van der Waals surface area contributed by atoms with Crippen LogP contribution in [0.4, 0.5) is 0 Å². The minimum absolute atomic E-state index is 0.00866. The number of rotatable bonds is 4. The van der Waals surface area contributed by atoms with Gasteiger partial charge in [-0.05, 0) is 31.2 Å². The molecule has 2 amide bonds. The van der Waals surface area contributed by atoms with Gasteiger partial charge in [-0.3, -0.25) is 9.59 Å². The van der Waals surface area contributed by atoms with E-state index >= 15 is 0 Å². The molecule has 3 aromatic rings. The van der Waals surface area contributed by atoms with E-state index in [0.29, 0.717) is 54.1 Å². The maximum absolute atomic E-state index is 12.9. The minimum atomic E-state index is -0.598. The van der Waals surface area contributed by atoms with Crippen LogP contribution in [0.3, 0.4) is 0 Å². The van der Waals surface area contributed by atoms with Crippen molar-refractivity contribution in [2.75, 3.05) is 32.8 Å². The number of benzene rings is 1. The minimum Gasteiger partial charge on any atom is -0.460 e. The van der Waals surface area contributed by atoms with Crippen LogP contribution in [-0.2, 0) is 14.3 Å². The van der Waals surface area contributed by atoms with Gasteiger partial charge in [0.25, 0.3) is 5.91 Å². The standard InChI is InChI=1S/C23H23N3O5/c1-15-7-8-21(31-15)20-13-18(17-5-3-4-6-19(17)24-20)23(29)30-14-22(28)26-11-9-25(10-12-26)16(2)27/h3-8,13H,9-12,14H2,1-2H3. The molecule has 1 aromatic carbocycles. The number of ether oxygens (including phenoxy) is 1. The largest absolute Gasteiger partial charge is 0.460 e. The molecule has 4 rings (SSSR count). The molecular formula is C23H23N3O5. The lowest BCUT2D eigenvalue weighted by Crippen LogP contribution is -2.51. The highest BCUT2D eigenvalue weighted by Crippen LogP contribution is 2.26. The molecule has 8 nitrogen and oxygen atoms in total. The molecule has 8 heteroatoms. The number of carbonyl (C=O) groups is 3. The second kappa shape index (κ2) is 8.59. The number of furan rings is 1. The molecule has 0 atom stereocenters. The van der Waals surface area contributed by atoms with E-state index in [2.05, 4.69) is 4.98 Å². The lowest BCUT2D eigenvalue weighted by Gasteiger charge is -2.34. The number of aromatic nitrogens is 1. The summed E-state index contributed by atoms with van der Waals surface area (Å²) in [6.07, 6.45) is 0. The van der Waals surface area contributed by atoms with Crippen molar-refractivity contribution < 1.29 is 23.5 Å². The first-order valence-corrected chi connectivity index (χ1v) is 10.1. The Balaban J connectivity index is 1.50. The molecule has 1 saturated heterocycles. The summed E-state index contributed by atoms with van der Waals surface area (Å²) in [6.45, 7) is 4.81. The molecule has 160 valence electrons. The number of hydrogen-bond acceptors (Lipinski definition) is 6. The number of para-hydroxylation sites is 1. The van der Waals surface area contributed by atoms with Crippen molar-refractivity contribution in [2.24, 2.45) is 0 Å². The summed E-state index contributed by atoms with van der Waals surface area (Å²) >= 11 is 0. The van der Waals surface area contributed by atoms with Crippen LogP contribution >= 0.6 is 0 Å². The molecule has 1 aliphatic rings. The third-order valence-electron chi connectivity index (χ3n) is 5.33. The second-order valence-corrected chi connectivity index (χ2v) is 7.45. The van der Waals surface area contributed by atoms with Gasteiger partial charge >= 0.3 is 5.97 Å². The third-order valence-corrected chi connectivity index (χ3v) is 5.33. The van der Waals surface area contributed by atoms with Gasteiger partial charge in [0.2, 0.25) is 5.91 Å². The van der Waals surface area contributed by atoms with Crippen LogP contribution in [0.5, 0.6) is 0 Å². The molecule has 1 aliphatic heterocycles. The summed E-state index contributed by atoms with van der Waals surface area (Å²) in [4.78, 5) is 44.7. The molecular weight excluding hydrogens is 398 g/mol. The first kappa shape index (κ1) is 20.6. The highest BCUT2D eigenvalue weighted by molar-refractivity contribution is 6.05. The predicted octanol–water partition coefficient (Wildman–Crippen LogP) is 2.65. The first-order valence-electron chi connectivity index (χ1n) is 10.1. The summed E-state index contributed by atoms with van der Waals surface area (Å²) in [5.41, 5.74) is 1.47. The molecule has 3 heterocycles. The predicted molar refractivity (Wildman–Crippen MR) is 113 cm³/mol. The number of aryl methyl sites for hydroxylation is 1. The van der Waals surface area contributed by atoms with Gasteiger partial charge < -0.3 is 19.0 Å². The number of fused-ring (bicyclic) bond motifs is 1. The van der Waals surface area contributed by atoms with Gasteiger partial charge in [-0.25, -0.2) is 9.78 Å². The number of amides is 2. The van der Waals surface area contributed by atoms with Gasteiger partial charge in [0.15, 0.2) is 12.4 Å². The topological polar surface area (TPSA) is 93.0 Å². The maximum Gasteiger partial charge on any atom is 0.339 e. The van der Waals surface area contributed by atoms with Crippen molar-refractivity contribution >= 4 is 28.7 Å². The molecule has 31 heavy (non-hydrogen) atoms. The summed E-state index contributed by atoms with van der Waals surface area (Å²) in [5, 5.41) is 0.641. The highest BCUT2D eigenvalue weighted by Gasteiger charge is 2.24. The number of piperazine rings is 1. The van der Waals surface area contributed by atoms with Crippen molar-refractivity contribution in [3.05, 3.63) is 53.8 Å². The Bertz CT molecular complexity index is 1150. The normalized spacial score (nSPS) is 14.0. The number of nitrogens with zero attached hydrogens (tertiary/aromatic N) is 3. The van der Waals surface area contributed by atoms with E-state index in [0.717, 1.165) is 5.76 Å². The van der Waals surface area contributed by atoms with Crippen molar-refractivity contribution in [1.29, 1.82) is 0 Å². The Morgan fingerprint density at radius 2 is 1.74 bits per heavy atom. The molecule has 0 N–H and O–H groups in total. The summed E-state index contributed by atoms with van der Waals surface area (Å²) in [5.74, 6) is 0.405. The Kier molecular flexibility index (Phi) is 5.70. The van der Waals surface area contributed by atoms with E-state index in [9.17, 15) is 14.4 Å². The van der Waals surface area contributed by atoms with Crippen LogP contribution in [-0.4, -0.2) is 65.4 Å². The molecule has 0 unspecified atom stereocenters. The summed E-state index contributed by atoms with van der Waals surface area (Å²) < 4.78 is 11.0. The van der Waals surface area contributed by atoms with E-state index in [1.165, 1.54) is 6.92 Å². The number of hydrogen-bond donors (Lipinski definition) is 0. The Morgan fingerprint density at radius 1 is 1.03 bits per heavy atom. The number of pyridine rings is 1. The van der Waals surface area contributed by atoms with E-state index in [1.54, 1.807) is 28.0 Å². The van der Waals surface area contributed by atoms with Gasteiger partial charge in [0.1, 0.15) is 11.5 Å². The SMILES string of the molecule is CC(=O)N1CCN(C(=O)COC(=O)c2cc(-c3ccc(C)o3)nc3ccccc23)CC1. The summed E-state index contributed by atoms with van der Waals surface area (Å²) in [7, 11) is 0. The number of carbonyl (C=O) groups excluding carboxylic acids is 3. The zero-order valence-corrected chi connectivity index (χ0v) is 17.5. The molecule has 0 saturated carbocycles. The lowest BCUT2D eigenvalue weighted by molar-refractivity contribution is -0.140. The third kappa shape index (κ3) is 4.42. The lowest BCUT2D eigenvalue weighted by atomic mass is 10.1.